The molecule has 2 heterocycles. The third-order valence-corrected chi connectivity index (χ3v) is 6.04. The van der Waals surface area contributed by atoms with Crippen LogP contribution in [-0.4, -0.2) is 4.21 Å². The molecule has 128 valence electrons. The molecule has 1 aliphatic rings. The SMILES string of the molecule is Cc1cc(C)c(N2c3ccc(C)cc3S(=O)c3cc(C)oc32)c(C)c1. The van der Waals surface area contributed by atoms with Crippen molar-refractivity contribution in [2.75, 3.05) is 4.90 Å². The van der Waals surface area contributed by atoms with Crippen molar-refractivity contribution >= 4 is 28.1 Å². The molecule has 1 aromatic heterocycles. The van der Waals surface area contributed by atoms with E-state index < -0.39 is 10.8 Å². The number of anilines is 3. The molecule has 0 fully saturated rings. The number of nitrogens with zero attached hydrogens (tertiary/aromatic N) is 1. The maximum Gasteiger partial charge on any atom is 0.221 e. The van der Waals surface area contributed by atoms with Crippen molar-refractivity contribution in [3.63, 3.8) is 0 Å². The van der Waals surface area contributed by atoms with Gasteiger partial charge in [0.25, 0.3) is 0 Å². The maximum atomic E-state index is 13.1. The number of fused-ring (bicyclic) bond motifs is 2. The lowest BCUT2D eigenvalue weighted by Crippen LogP contribution is -2.20. The van der Waals surface area contributed by atoms with Crippen LogP contribution in [0.1, 0.15) is 28.0 Å². The molecule has 4 rings (SSSR count). The molecule has 0 aliphatic carbocycles. The predicted molar refractivity (Wildman–Crippen MR) is 102 cm³/mol. The van der Waals surface area contributed by atoms with E-state index in [4.69, 9.17) is 4.42 Å². The summed E-state index contributed by atoms with van der Waals surface area (Å²) in [6.45, 7) is 10.3. The fourth-order valence-electron chi connectivity index (χ4n) is 3.70. The summed E-state index contributed by atoms with van der Waals surface area (Å²) >= 11 is 0. The first-order chi connectivity index (χ1) is 11.9. The van der Waals surface area contributed by atoms with Gasteiger partial charge >= 0.3 is 0 Å². The van der Waals surface area contributed by atoms with Gasteiger partial charge in [0.1, 0.15) is 10.7 Å². The zero-order valence-corrected chi connectivity index (χ0v) is 16.0. The van der Waals surface area contributed by atoms with E-state index in [1.54, 1.807) is 0 Å². The quantitative estimate of drug-likeness (QED) is 0.436. The smallest absolute Gasteiger partial charge is 0.221 e. The van der Waals surface area contributed by atoms with Crippen LogP contribution in [0.5, 0.6) is 0 Å². The largest absolute Gasteiger partial charge is 0.444 e. The Morgan fingerprint density at radius 3 is 2.20 bits per heavy atom. The number of hydrogen-bond acceptors (Lipinski definition) is 3. The van der Waals surface area contributed by atoms with Crippen molar-refractivity contribution in [2.24, 2.45) is 0 Å². The Hall–Kier alpha value is -2.33. The number of furan rings is 1. The van der Waals surface area contributed by atoms with E-state index >= 15 is 0 Å². The first kappa shape index (κ1) is 16.2. The normalized spacial score (nSPS) is 15.9. The van der Waals surface area contributed by atoms with Gasteiger partial charge in [-0.05, 0) is 69.5 Å². The molecular weight excluding hydrogens is 330 g/mol. The van der Waals surface area contributed by atoms with Gasteiger partial charge in [-0.1, -0.05) is 23.8 Å². The Kier molecular flexibility index (Phi) is 3.62. The number of rotatable bonds is 1. The minimum absolute atomic E-state index is 0.669. The highest BCUT2D eigenvalue weighted by atomic mass is 32.2. The molecule has 25 heavy (non-hydrogen) atoms. The fourth-order valence-corrected chi connectivity index (χ4v) is 5.14. The molecule has 0 N–H and O–H groups in total. The molecule has 0 radical (unpaired) electrons. The maximum absolute atomic E-state index is 13.1. The summed E-state index contributed by atoms with van der Waals surface area (Å²) in [5.41, 5.74) is 6.73. The summed E-state index contributed by atoms with van der Waals surface area (Å²) in [7, 11) is -1.23. The molecule has 3 nitrogen and oxygen atoms in total. The van der Waals surface area contributed by atoms with Crippen LogP contribution in [0.4, 0.5) is 17.3 Å². The predicted octanol–water partition coefficient (Wildman–Crippen LogP) is 5.77. The summed E-state index contributed by atoms with van der Waals surface area (Å²) in [6.07, 6.45) is 0. The lowest BCUT2D eigenvalue weighted by molar-refractivity contribution is 0.535. The molecular formula is C21H21NO2S. The highest BCUT2D eigenvalue weighted by Crippen LogP contribution is 2.49. The van der Waals surface area contributed by atoms with Gasteiger partial charge in [0.2, 0.25) is 5.88 Å². The topological polar surface area (TPSA) is 33.5 Å². The van der Waals surface area contributed by atoms with Crippen molar-refractivity contribution < 1.29 is 8.63 Å². The average molecular weight is 351 g/mol. The van der Waals surface area contributed by atoms with E-state index in [0.29, 0.717) is 5.88 Å². The Balaban J connectivity index is 2.07. The van der Waals surface area contributed by atoms with Crippen LogP contribution in [0.2, 0.25) is 0 Å². The van der Waals surface area contributed by atoms with Gasteiger partial charge in [-0.25, -0.2) is 4.21 Å². The summed E-state index contributed by atoms with van der Waals surface area (Å²) < 4.78 is 19.1. The van der Waals surface area contributed by atoms with Gasteiger partial charge in [0.05, 0.1) is 27.1 Å². The van der Waals surface area contributed by atoms with Crippen molar-refractivity contribution in [2.45, 2.75) is 44.4 Å². The third-order valence-electron chi connectivity index (χ3n) is 4.62. The van der Waals surface area contributed by atoms with Gasteiger partial charge in [0.15, 0.2) is 0 Å². The van der Waals surface area contributed by atoms with Gasteiger partial charge in [0, 0.05) is 0 Å². The van der Waals surface area contributed by atoms with E-state index in [9.17, 15) is 4.21 Å². The van der Waals surface area contributed by atoms with Crippen molar-refractivity contribution in [3.05, 3.63) is 64.4 Å². The molecule has 3 aromatic rings. The summed E-state index contributed by atoms with van der Waals surface area (Å²) in [4.78, 5) is 3.71. The number of aryl methyl sites for hydroxylation is 5. The van der Waals surface area contributed by atoms with E-state index in [0.717, 1.165) is 32.5 Å². The third kappa shape index (κ3) is 2.44. The second kappa shape index (κ2) is 5.60. The molecule has 0 spiro atoms. The highest BCUT2D eigenvalue weighted by Gasteiger charge is 2.34. The van der Waals surface area contributed by atoms with Crippen molar-refractivity contribution in [1.29, 1.82) is 0 Å². The van der Waals surface area contributed by atoms with Crippen molar-refractivity contribution in [3.8, 4) is 0 Å². The Morgan fingerprint density at radius 1 is 0.840 bits per heavy atom. The first-order valence-corrected chi connectivity index (χ1v) is 9.52. The molecule has 1 aliphatic heterocycles. The molecule has 0 bridgehead atoms. The highest BCUT2D eigenvalue weighted by molar-refractivity contribution is 7.85. The molecule has 0 saturated heterocycles. The fraction of sp³-hybridized carbons (Fsp3) is 0.238. The van der Waals surface area contributed by atoms with Gasteiger partial charge in [-0.15, -0.1) is 0 Å². The molecule has 4 heteroatoms. The molecule has 2 aromatic carbocycles. The first-order valence-electron chi connectivity index (χ1n) is 8.37. The minimum Gasteiger partial charge on any atom is -0.444 e. The van der Waals surface area contributed by atoms with Crippen LogP contribution < -0.4 is 4.90 Å². The van der Waals surface area contributed by atoms with Crippen LogP contribution in [0.15, 0.2) is 50.6 Å². The van der Waals surface area contributed by atoms with Crippen molar-refractivity contribution in [1.82, 2.24) is 0 Å². The summed E-state index contributed by atoms with van der Waals surface area (Å²) in [5.74, 6) is 1.44. The van der Waals surface area contributed by atoms with Crippen LogP contribution in [0.3, 0.4) is 0 Å². The lowest BCUT2D eigenvalue weighted by atomic mass is 10.0. The van der Waals surface area contributed by atoms with Gasteiger partial charge in [-0.3, -0.25) is 4.90 Å². The molecule has 0 saturated carbocycles. The Labute approximate surface area is 150 Å². The second-order valence-electron chi connectivity index (χ2n) is 6.85. The van der Waals surface area contributed by atoms with Gasteiger partial charge < -0.3 is 4.42 Å². The molecule has 0 amide bonds. The summed E-state index contributed by atoms with van der Waals surface area (Å²) in [6, 6.07) is 12.4. The standard InChI is InChI=1S/C21H21NO2S/c1-12-6-7-17-18(10-12)25(23)19-11-16(5)24-21(19)22(17)20-14(3)8-13(2)9-15(20)4/h6-11H,1-5H3. The van der Waals surface area contributed by atoms with E-state index in [1.165, 1.54) is 16.7 Å². The Bertz CT molecular complexity index is 1010. The Morgan fingerprint density at radius 2 is 1.52 bits per heavy atom. The van der Waals surface area contributed by atoms with Crippen LogP contribution in [0, 0.1) is 34.6 Å². The molecule has 1 atom stereocenters. The zero-order valence-electron chi connectivity index (χ0n) is 15.1. The van der Waals surface area contributed by atoms with Crippen LogP contribution in [-0.2, 0) is 10.8 Å². The van der Waals surface area contributed by atoms with E-state index in [1.807, 2.05) is 32.0 Å². The number of hydrogen-bond donors (Lipinski definition) is 0. The minimum atomic E-state index is -1.23. The molecule has 1 unspecified atom stereocenters. The monoisotopic (exact) mass is 351 g/mol. The van der Waals surface area contributed by atoms with Gasteiger partial charge in [-0.2, -0.15) is 0 Å². The second-order valence-corrected chi connectivity index (χ2v) is 8.27. The zero-order chi connectivity index (χ0) is 17.9. The van der Waals surface area contributed by atoms with Crippen LogP contribution >= 0.6 is 0 Å². The van der Waals surface area contributed by atoms with Crippen LogP contribution in [0.25, 0.3) is 0 Å². The van der Waals surface area contributed by atoms with E-state index in [2.05, 4.69) is 43.9 Å². The van der Waals surface area contributed by atoms with E-state index in [-0.39, 0.29) is 0 Å². The summed E-state index contributed by atoms with van der Waals surface area (Å²) in [5, 5.41) is 0. The average Bonchev–Trinajstić information content (AvgIpc) is 2.91. The number of benzene rings is 2. The lowest BCUT2D eigenvalue weighted by Gasteiger charge is -2.31.